The van der Waals surface area contributed by atoms with Crippen LogP contribution in [0.5, 0.6) is 0 Å². The number of carbonyl (C=O) groups is 2. The average Bonchev–Trinajstić information content (AvgIpc) is 2.77. The van der Waals surface area contributed by atoms with E-state index >= 15 is 0 Å². The Morgan fingerprint density at radius 2 is 2.00 bits per heavy atom. The summed E-state index contributed by atoms with van der Waals surface area (Å²) in [6.45, 7) is 2.70. The van der Waals surface area contributed by atoms with Crippen LogP contribution in [0.25, 0.3) is 0 Å². The van der Waals surface area contributed by atoms with Gasteiger partial charge in [-0.05, 0) is 12.5 Å². The van der Waals surface area contributed by atoms with Crippen LogP contribution in [-0.2, 0) is 4.79 Å². The van der Waals surface area contributed by atoms with Gasteiger partial charge in [0.05, 0.1) is 24.4 Å². The highest BCUT2D eigenvalue weighted by Crippen LogP contribution is 2.26. The number of benzene rings is 1. The maximum absolute atomic E-state index is 12.8. The Morgan fingerprint density at radius 1 is 1.22 bits per heavy atom. The summed E-state index contributed by atoms with van der Waals surface area (Å²) in [4.78, 5) is 34.8. The van der Waals surface area contributed by atoms with Crippen molar-refractivity contribution in [2.24, 2.45) is 0 Å². The molecule has 2 heterocycles. The van der Waals surface area contributed by atoms with Crippen LogP contribution in [-0.4, -0.2) is 39.8 Å². The maximum atomic E-state index is 12.8. The van der Waals surface area contributed by atoms with Crippen LogP contribution < -0.4 is 5.32 Å². The van der Waals surface area contributed by atoms with Gasteiger partial charge in [-0.15, -0.1) is 0 Å². The zero-order valence-electron chi connectivity index (χ0n) is 12.9. The van der Waals surface area contributed by atoms with E-state index in [-0.39, 0.29) is 24.3 Å². The Hall–Kier alpha value is -2.76. The van der Waals surface area contributed by atoms with Crippen LogP contribution in [0, 0.1) is 6.92 Å². The van der Waals surface area contributed by atoms with Crippen LogP contribution in [0.4, 0.5) is 0 Å². The fourth-order valence-corrected chi connectivity index (χ4v) is 2.70. The van der Waals surface area contributed by atoms with E-state index in [1.165, 1.54) is 6.20 Å². The molecular weight excluding hydrogens is 292 g/mol. The predicted octanol–water partition coefficient (Wildman–Crippen LogP) is 1.49. The van der Waals surface area contributed by atoms with Crippen molar-refractivity contribution in [1.82, 2.24) is 20.2 Å². The van der Waals surface area contributed by atoms with Crippen LogP contribution >= 0.6 is 0 Å². The number of hydrogen-bond donors (Lipinski definition) is 1. The minimum absolute atomic E-state index is 0.0517. The van der Waals surface area contributed by atoms with E-state index in [9.17, 15) is 9.59 Å². The monoisotopic (exact) mass is 310 g/mol. The largest absolute Gasteiger partial charge is 0.354 e. The third-order valence-electron chi connectivity index (χ3n) is 3.88. The quantitative estimate of drug-likeness (QED) is 0.912. The fraction of sp³-hybridized carbons (Fsp3) is 0.294. The fourth-order valence-electron chi connectivity index (χ4n) is 2.70. The molecule has 1 aliphatic rings. The molecule has 0 saturated carbocycles. The molecule has 0 radical (unpaired) electrons. The first kappa shape index (κ1) is 15.1. The summed E-state index contributed by atoms with van der Waals surface area (Å²) in [5.41, 5.74) is 2.00. The van der Waals surface area contributed by atoms with Crippen molar-refractivity contribution in [1.29, 1.82) is 0 Å². The molecule has 0 bridgehead atoms. The van der Waals surface area contributed by atoms with Crippen LogP contribution in [0.2, 0.25) is 0 Å². The van der Waals surface area contributed by atoms with E-state index in [0.717, 1.165) is 11.3 Å². The normalized spacial score (nSPS) is 18.2. The molecule has 1 aromatic heterocycles. The van der Waals surface area contributed by atoms with E-state index in [2.05, 4.69) is 15.3 Å². The van der Waals surface area contributed by atoms with Crippen molar-refractivity contribution >= 4 is 11.8 Å². The topological polar surface area (TPSA) is 75.2 Å². The first-order valence-corrected chi connectivity index (χ1v) is 7.56. The van der Waals surface area contributed by atoms with Crippen LogP contribution in [0.15, 0.2) is 42.7 Å². The summed E-state index contributed by atoms with van der Waals surface area (Å²) in [5, 5.41) is 2.82. The molecule has 0 aliphatic carbocycles. The highest BCUT2D eigenvalue weighted by Gasteiger charge is 2.30. The van der Waals surface area contributed by atoms with E-state index in [1.807, 2.05) is 37.3 Å². The Bertz CT molecular complexity index is 700. The molecule has 1 N–H and O–H groups in total. The molecule has 1 atom stereocenters. The summed E-state index contributed by atoms with van der Waals surface area (Å²) in [6.07, 6.45) is 3.31. The van der Waals surface area contributed by atoms with Gasteiger partial charge in [0.25, 0.3) is 5.91 Å². The lowest BCUT2D eigenvalue weighted by Crippen LogP contribution is -2.37. The zero-order chi connectivity index (χ0) is 16.2. The van der Waals surface area contributed by atoms with Gasteiger partial charge in [-0.25, -0.2) is 4.98 Å². The second kappa shape index (κ2) is 6.56. The minimum Gasteiger partial charge on any atom is -0.354 e. The molecule has 6 heteroatoms. The van der Waals surface area contributed by atoms with Gasteiger partial charge >= 0.3 is 0 Å². The third kappa shape index (κ3) is 3.36. The number of amides is 2. The third-order valence-corrected chi connectivity index (χ3v) is 3.88. The lowest BCUT2D eigenvalue weighted by molar-refractivity contribution is -0.121. The first-order valence-electron chi connectivity index (χ1n) is 7.56. The van der Waals surface area contributed by atoms with E-state index in [0.29, 0.717) is 18.8 Å². The Labute approximate surface area is 134 Å². The summed E-state index contributed by atoms with van der Waals surface area (Å²) in [6, 6.07) is 9.31. The molecule has 6 nitrogen and oxygen atoms in total. The van der Waals surface area contributed by atoms with Crippen LogP contribution in [0.3, 0.4) is 0 Å². The number of aryl methyl sites for hydroxylation is 1. The minimum atomic E-state index is -0.297. The second-order valence-corrected chi connectivity index (χ2v) is 5.52. The predicted molar refractivity (Wildman–Crippen MR) is 84.6 cm³/mol. The maximum Gasteiger partial charge on any atom is 0.274 e. The van der Waals surface area contributed by atoms with E-state index in [4.69, 9.17) is 0 Å². The Kier molecular flexibility index (Phi) is 4.32. The number of carbonyl (C=O) groups excluding carboxylic acids is 2. The van der Waals surface area contributed by atoms with Crippen LogP contribution in [0.1, 0.15) is 34.2 Å². The lowest BCUT2D eigenvalue weighted by atomic mass is 10.0. The molecule has 1 aliphatic heterocycles. The molecule has 0 spiro atoms. The molecule has 1 aromatic carbocycles. The summed E-state index contributed by atoms with van der Waals surface area (Å²) >= 11 is 0. The van der Waals surface area contributed by atoms with Crippen molar-refractivity contribution in [3.8, 4) is 0 Å². The first-order chi connectivity index (χ1) is 11.1. The highest BCUT2D eigenvalue weighted by atomic mass is 16.2. The van der Waals surface area contributed by atoms with Gasteiger partial charge < -0.3 is 10.2 Å². The second-order valence-electron chi connectivity index (χ2n) is 5.52. The average molecular weight is 310 g/mol. The molecule has 1 saturated heterocycles. The van der Waals surface area contributed by atoms with Crippen molar-refractivity contribution in [3.63, 3.8) is 0 Å². The SMILES string of the molecule is Cc1cnc(C(=O)N2CCNC(=O)C[C@H]2c2ccccc2)cn1. The van der Waals surface area contributed by atoms with E-state index in [1.54, 1.807) is 11.1 Å². The smallest absolute Gasteiger partial charge is 0.274 e. The van der Waals surface area contributed by atoms with Gasteiger partial charge in [0, 0.05) is 19.3 Å². The van der Waals surface area contributed by atoms with Gasteiger partial charge in [-0.1, -0.05) is 30.3 Å². The number of rotatable bonds is 2. The van der Waals surface area contributed by atoms with Gasteiger partial charge in [0.2, 0.25) is 5.91 Å². The summed E-state index contributed by atoms with van der Waals surface area (Å²) in [5.74, 6) is -0.257. The van der Waals surface area contributed by atoms with Crippen molar-refractivity contribution in [2.75, 3.05) is 13.1 Å². The highest BCUT2D eigenvalue weighted by molar-refractivity contribution is 5.93. The lowest BCUT2D eigenvalue weighted by Gasteiger charge is -2.29. The zero-order valence-corrected chi connectivity index (χ0v) is 12.9. The molecule has 118 valence electrons. The standard InChI is InChI=1S/C17H18N4O2/c1-12-10-20-14(11-19-12)17(23)21-8-7-18-16(22)9-15(21)13-5-3-2-4-6-13/h2-6,10-11,15H,7-9H2,1H3,(H,18,22)/t15-/m0/s1. The summed E-state index contributed by atoms with van der Waals surface area (Å²) < 4.78 is 0. The number of nitrogens with one attached hydrogen (secondary N) is 1. The summed E-state index contributed by atoms with van der Waals surface area (Å²) in [7, 11) is 0. The molecule has 2 aromatic rings. The molecule has 0 unspecified atom stereocenters. The number of nitrogens with zero attached hydrogens (tertiary/aromatic N) is 3. The molecule has 1 fully saturated rings. The van der Waals surface area contributed by atoms with Gasteiger partial charge in [0.1, 0.15) is 5.69 Å². The Balaban J connectivity index is 1.94. The van der Waals surface area contributed by atoms with Gasteiger partial charge in [-0.2, -0.15) is 0 Å². The molecular formula is C17H18N4O2. The molecule has 23 heavy (non-hydrogen) atoms. The van der Waals surface area contributed by atoms with E-state index < -0.39 is 0 Å². The number of aromatic nitrogens is 2. The number of hydrogen-bond acceptors (Lipinski definition) is 4. The Morgan fingerprint density at radius 3 is 2.70 bits per heavy atom. The molecule has 2 amide bonds. The van der Waals surface area contributed by atoms with Gasteiger partial charge in [0.15, 0.2) is 0 Å². The molecule has 3 rings (SSSR count). The van der Waals surface area contributed by atoms with Crippen molar-refractivity contribution < 1.29 is 9.59 Å². The van der Waals surface area contributed by atoms with Crippen molar-refractivity contribution in [3.05, 3.63) is 59.7 Å². The van der Waals surface area contributed by atoms with Gasteiger partial charge in [-0.3, -0.25) is 14.6 Å². The van der Waals surface area contributed by atoms with Crippen molar-refractivity contribution in [2.45, 2.75) is 19.4 Å².